The third-order valence-corrected chi connectivity index (χ3v) is 3.11. The van der Waals surface area contributed by atoms with Crippen LogP contribution in [0.5, 0.6) is 11.5 Å². The van der Waals surface area contributed by atoms with Crippen molar-refractivity contribution in [2.75, 3.05) is 0 Å². The fourth-order valence-electron chi connectivity index (χ4n) is 1.69. The summed E-state index contributed by atoms with van der Waals surface area (Å²) < 4.78 is 20.0. The van der Waals surface area contributed by atoms with Crippen molar-refractivity contribution in [1.29, 1.82) is 0 Å². The summed E-state index contributed by atoms with van der Waals surface area (Å²) in [6, 6.07) is 10.4. The Morgan fingerprint density at radius 2 is 2.06 bits per heavy atom. The molecule has 0 saturated carbocycles. The molecule has 0 saturated heterocycles. The number of benzene rings is 2. The molecule has 0 unspecified atom stereocenters. The quantitative estimate of drug-likeness (QED) is 0.924. The average Bonchev–Trinajstić information content (AvgIpc) is 2.34. The van der Waals surface area contributed by atoms with Crippen LogP contribution in [-0.4, -0.2) is 0 Å². The lowest BCUT2D eigenvalue weighted by atomic mass is 10.1. The van der Waals surface area contributed by atoms with Gasteiger partial charge in [0.1, 0.15) is 5.75 Å². The topological polar surface area (TPSA) is 35.2 Å². The van der Waals surface area contributed by atoms with Gasteiger partial charge in [-0.2, -0.15) is 0 Å². The predicted molar refractivity (Wildman–Crippen MR) is 73.2 cm³/mol. The molecule has 0 heterocycles. The van der Waals surface area contributed by atoms with Crippen LogP contribution < -0.4 is 10.5 Å². The van der Waals surface area contributed by atoms with Gasteiger partial charge < -0.3 is 10.5 Å². The van der Waals surface area contributed by atoms with Gasteiger partial charge in [0.2, 0.25) is 0 Å². The predicted octanol–water partition coefficient (Wildman–Crippen LogP) is 4.15. The van der Waals surface area contributed by atoms with E-state index in [9.17, 15) is 4.39 Å². The molecular formula is C14H13BrFNO. The Labute approximate surface area is 114 Å². The molecule has 0 spiro atoms. The van der Waals surface area contributed by atoms with Crippen molar-refractivity contribution < 1.29 is 9.13 Å². The minimum atomic E-state index is -0.407. The number of ether oxygens (including phenoxy) is 1. The van der Waals surface area contributed by atoms with Crippen LogP contribution in [0.1, 0.15) is 11.1 Å². The maximum atomic E-state index is 13.7. The number of nitrogens with two attached hydrogens (primary N) is 1. The van der Waals surface area contributed by atoms with E-state index >= 15 is 0 Å². The molecule has 2 aromatic rings. The second kappa shape index (κ2) is 5.50. The first-order valence-electron chi connectivity index (χ1n) is 5.53. The van der Waals surface area contributed by atoms with Gasteiger partial charge in [0.15, 0.2) is 11.6 Å². The first-order chi connectivity index (χ1) is 8.61. The normalized spacial score (nSPS) is 10.4. The number of aryl methyl sites for hydroxylation is 1. The van der Waals surface area contributed by atoms with Gasteiger partial charge in [0, 0.05) is 16.6 Å². The zero-order chi connectivity index (χ0) is 13.1. The summed E-state index contributed by atoms with van der Waals surface area (Å²) in [4.78, 5) is 0. The van der Waals surface area contributed by atoms with Crippen molar-refractivity contribution in [3.05, 3.63) is 57.8 Å². The molecule has 0 aromatic heterocycles. The van der Waals surface area contributed by atoms with Crippen LogP contribution in [0.25, 0.3) is 0 Å². The highest BCUT2D eigenvalue weighted by molar-refractivity contribution is 9.10. The summed E-state index contributed by atoms with van der Waals surface area (Å²) in [5, 5.41) is 0. The van der Waals surface area contributed by atoms with Gasteiger partial charge in [-0.05, 0) is 30.7 Å². The fourth-order valence-corrected chi connectivity index (χ4v) is 2.02. The van der Waals surface area contributed by atoms with Crippen molar-refractivity contribution in [2.24, 2.45) is 5.73 Å². The summed E-state index contributed by atoms with van der Waals surface area (Å²) in [6.07, 6.45) is 0. The molecule has 0 fully saturated rings. The maximum absolute atomic E-state index is 13.7. The number of para-hydroxylation sites is 1. The van der Waals surface area contributed by atoms with Crippen molar-refractivity contribution >= 4 is 15.9 Å². The molecule has 0 aliphatic rings. The molecule has 0 amide bonds. The minimum absolute atomic E-state index is 0.196. The zero-order valence-corrected chi connectivity index (χ0v) is 11.5. The summed E-state index contributed by atoms with van der Waals surface area (Å²) in [5.41, 5.74) is 7.44. The molecule has 18 heavy (non-hydrogen) atoms. The molecular weight excluding hydrogens is 297 g/mol. The molecule has 2 nitrogen and oxygen atoms in total. The SMILES string of the molecule is Cc1cccc(CN)c1Oc1ccc(Br)cc1F. The van der Waals surface area contributed by atoms with Crippen molar-refractivity contribution in [3.63, 3.8) is 0 Å². The van der Waals surface area contributed by atoms with Crippen LogP contribution in [0.3, 0.4) is 0 Å². The Bertz CT molecular complexity index is 572. The van der Waals surface area contributed by atoms with Crippen LogP contribution >= 0.6 is 15.9 Å². The lowest BCUT2D eigenvalue weighted by Gasteiger charge is -2.13. The van der Waals surface area contributed by atoms with E-state index in [1.807, 2.05) is 25.1 Å². The van der Waals surface area contributed by atoms with Gasteiger partial charge in [-0.3, -0.25) is 0 Å². The fraction of sp³-hybridized carbons (Fsp3) is 0.143. The van der Waals surface area contributed by atoms with Gasteiger partial charge in [0.05, 0.1) is 0 Å². The summed E-state index contributed by atoms with van der Waals surface area (Å²) in [5.74, 6) is 0.416. The molecule has 0 aliphatic heterocycles. The van der Waals surface area contributed by atoms with Gasteiger partial charge in [-0.1, -0.05) is 34.1 Å². The van der Waals surface area contributed by atoms with Gasteiger partial charge >= 0.3 is 0 Å². The number of hydrogen-bond donors (Lipinski definition) is 1. The van der Waals surface area contributed by atoms with E-state index in [1.165, 1.54) is 6.07 Å². The van der Waals surface area contributed by atoms with Gasteiger partial charge in [0.25, 0.3) is 0 Å². The Morgan fingerprint density at radius 1 is 1.28 bits per heavy atom. The molecule has 0 bridgehead atoms. The molecule has 4 heteroatoms. The molecule has 2 aromatic carbocycles. The van der Waals surface area contributed by atoms with E-state index in [0.717, 1.165) is 11.1 Å². The van der Waals surface area contributed by atoms with E-state index in [-0.39, 0.29) is 5.75 Å². The molecule has 0 aliphatic carbocycles. The summed E-state index contributed by atoms with van der Waals surface area (Å²) >= 11 is 3.21. The molecule has 0 atom stereocenters. The third kappa shape index (κ3) is 2.71. The molecule has 94 valence electrons. The smallest absolute Gasteiger partial charge is 0.166 e. The first kappa shape index (κ1) is 13.1. The van der Waals surface area contributed by atoms with Gasteiger partial charge in [-0.25, -0.2) is 4.39 Å². The lowest BCUT2D eigenvalue weighted by molar-refractivity contribution is 0.435. The minimum Gasteiger partial charge on any atom is -0.454 e. The van der Waals surface area contributed by atoms with E-state index in [1.54, 1.807) is 12.1 Å². The largest absolute Gasteiger partial charge is 0.454 e. The van der Waals surface area contributed by atoms with Crippen LogP contribution in [-0.2, 0) is 6.54 Å². The molecule has 0 radical (unpaired) electrons. The summed E-state index contributed by atoms with van der Waals surface area (Å²) in [7, 11) is 0. The Morgan fingerprint density at radius 3 is 2.72 bits per heavy atom. The first-order valence-corrected chi connectivity index (χ1v) is 6.32. The summed E-state index contributed by atoms with van der Waals surface area (Å²) in [6.45, 7) is 2.26. The van der Waals surface area contributed by atoms with E-state index in [4.69, 9.17) is 10.5 Å². The second-order valence-electron chi connectivity index (χ2n) is 3.94. The van der Waals surface area contributed by atoms with Crippen LogP contribution in [0.2, 0.25) is 0 Å². The van der Waals surface area contributed by atoms with Crippen molar-refractivity contribution in [3.8, 4) is 11.5 Å². The van der Waals surface area contributed by atoms with E-state index in [0.29, 0.717) is 16.8 Å². The Balaban J connectivity index is 2.39. The number of hydrogen-bond acceptors (Lipinski definition) is 2. The highest BCUT2D eigenvalue weighted by atomic mass is 79.9. The molecule has 2 N–H and O–H groups in total. The Hall–Kier alpha value is -1.39. The highest BCUT2D eigenvalue weighted by Gasteiger charge is 2.10. The average molecular weight is 310 g/mol. The van der Waals surface area contributed by atoms with Gasteiger partial charge in [-0.15, -0.1) is 0 Å². The van der Waals surface area contributed by atoms with Crippen LogP contribution in [0.15, 0.2) is 40.9 Å². The lowest BCUT2D eigenvalue weighted by Crippen LogP contribution is -2.01. The Kier molecular flexibility index (Phi) is 3.99. The number of halogens is 2. The van der Waals surface area contributed by atoms with E-state index in [2.05, 4.69) is 15.9 Å². The molecule has 2 rings (SSSR count). The zero-order valence-electron chi connectivity index (χ0n) is 9.91. The van der Waals surface area contributed by atoms with Crippen molar-refractivity contribution in [1.82, 2.24) is 0 Å². The maximum Gasteiger partial charge on any atom is 0.166 e. The van der Waals surface area contributed by atoms with E-state index < -0.39 is 5.82 Å². The monoisotopic (exact) mass is 309 g/mol. The third-order valence-electron chi connectivity index (χ3n) is 2.62. The highest BCUT2D eigenvalue weighted by Crippen LogP contribution is 2.31. The standard InChI is InChI=1S/C14H13BrFNO/c1-9-3-2-4-10(8-17)14(9)18-13-6-5-11(15)7-12(13)16/h2-7H,8,17H2,1H3. The second-order valence-corrected chi connectivity index (χ2v) is 4.86. The van der Waals surface area contributed by atoms with Crippen LogP contribution in [0.4, 0.5) is 4.39 Å². The number of rotatable bonds is 3. The van der Waals surface area contributed by atoms with Crippen molar-refractivity contribution in [2.45, 2.75) is 13.5 Å². The van der Waals surface area contributed by atoms with Crippen LogP contribution in [0, 0.1) is 12.7 Å².